The highest BCUT2D eigenvalue weighted by Crippen LogP contribution is 2.21. The number of rotatable bonds is 4. The maximum absolute atomic E-state index is 12.2. The lowest BCUT2D eigenvalue weighted by Crippen LogP contribution is -2.34. The van der Waals surface area contributed by atoms with Crippen LogP contribution in [0.4, 0.5) is 0 Å². The zero-order chi connectivity index (χ0) is 13.3. The first-order valence-corrected chi connectivity index (χ1v) is 7.72. The average Bonchev–Trinajstić information content (AvgIpc) is 2.84. The highest BCUT2D eigenvalue weighted by atomic mass is 32.2. The molecule has 1 aromatic heterocycles. The van der Waals surface area contributed by atoms with Gasteiger partial charge in [0.2, 0.25) is 10.0 Å². The number of nitrogens with two attached hydrogens (primary N) is 1. The van der Waals surface area contributed by atoms with Gasteiger partial charge in [-0.1, -0.05) is 0 Å². The van der Waals surface area contributed by atoms with E-state index in [0.29, 0.717) is 18.7 Å². The summed E-state index contributed by atoms with van der Waals surface area (Å²) < 4.78 is 28.8. The molecule has 0 aromatic carbocycles. The Kier molecular flexibility index (Phi) is 3.74. The number of hydrogen-bond donors (Lipinski definition) is 2. The van der Waals surface area contributed by atoms with Crippen LogP contribution < -0.4 is 10.5 Å². The van der Waals surface area contributed by atoms with Gasteiger partial charge in [0, 0.05) is 24.8 Å². The standard InChI is InChI=1S/C11H20N4O2S/c1-3-15-7-11(8(2)13-15)18(16,17)14-10-5-4-9(12)6-10/h7,9-10,14H,3-6,12H2,1-2H3/t9-,10-/m1/s1. The van der Waals surface area contributed by atoms with E-state index in [2.05, 4.69) is 9.82 Å². The molecule has 102 valence electrons. The van der Waals surface area contributed by atoms with Crippen molar-refractivity contribution in [3.05, 3.63) is 11.9 Å². The first kappa shape index (κ1) is 13.5. The molecule has 3 N–H and O–H groups in total. The van der Waals surface area contributed by atoms with Gasteiger partial charge >= 0.3 is 0 Å². The SMILES string of the molecule is CCn1cc(S(=O)(=O)N[C@@H]2CC[C@@H](N)C2)c(C)n1. The van der Waals surface area contributed by atoms with Crippen molar-refractivity contribution in [2.75, 3.05) is 0 Å². The second kappa shape index (κ2) is 4.99. The molecule has 2 rings (SSSR count). The number of sulfonamides is 1. The second-order valence-corrected chi connectivity index (χ2v) is 6.51. The van der Waals surface area contributed by atoms with E-state index >= 15 is 0 Å². The molecule has 0 saturated heterocycles. The lowest BCUT2D eigenvalue weighted by atomic mass is 10.2. The van der Waals surface area contributed by atoms with E-state index in [9.17, 15) is 8.42 Å². The minimum absolute atomic E-state index is 0.0469. The van der Waals surface area contributed by atoms with Gasteiger partial charge < -0.3 is 5.73 Å². The topological polar surface area (TPSA) is 90.0 Å². The summed E-state index contributed by atoms with van der Waals surface area (Å²) in [5, 5.41) is 4.16. The van der Waals surface area contributed by atoms with Gasteiger partial charge in [-0.3, -0.25) is 4.68 Å². The molecule has 1 aliphatic carbocycles. The summed E-state index contributed by atoms with van der Waals surface area (Å²) in [6.07, 6.45) is 3.97. The Hall–Kier alpha value is -0.920. The predicted molar refractivity (Wildman–Crippen MR) is 68.6 cm³/mol. The van der Waals surface area contributed by atoms with Crippen LogP contribution in [0.15, 0.2) is 11.1 Å². The van der Waals surface area contributed by atoms with Gasteiger partial charge in [-0.2, -0.15) is 5.10 Å². The molecule has 18 heavy (non-hydrogen) atoms. The maximum Gasteiger partial charge on any atom is 0.244 e. The Balaban J connectivity index is 2.17. The molecule has 7 heteroatoms. The van der Waals surface area contributed by atoms with Crippen LogP contribution in [0.2, 0.25) is 0 Å². The van der Waals surface area contributed by atoms with Gasteiger partial charge in [0.15, 0.2) is 0 Å². The average molecular weight is 272 g/mol. The second-order valence-electron chi connectivity index (χ2n) is 4.83. The van der Waals surface area contributed by atoms with E-state index in [4.69, 9.17) is 5.73 Å². The van der Waals surface area contributed by atoms with E-state index < -0.39 is 10.0 Å². The van der Waals surface area contributed by atoms with Crippen LogP contribution >= 0.6 is 0 Å². The van der Waals surface area contributed by atoms with E-state index in [0.717, 1.165) is 12.8 Å². The molecule has 1 saturated carbocycles. The van der Waals surface area contributed by atoms with Gasteiger partial charge in [-0.25, -0.2) is 13.1 Å². The zero-order valence-electron chi connectivity index (χ0n) is 10.8. The van der Waals surface area contributed by atoms with E-state index in [1.807, 2.05) is 6.92 Å². The maximum atomic E-state index is 12.2. The highest BCUT2D eigenvalue weighted by Gasteiger charge is 2.28. The van der Waals surface area contributed by atoms with Gasteiger partial charge in [0.1, 0.15) is 4.90 Å². The van der Waals surface area contributed by atoms with Crippen LogP contribution in [0.1, 0.15) is 31.9 Å². The Morgan fingerprint density at radius 3 is 2.78 bits per heavy atom. The molecular formula is C11H20N4O2S. The third kappa shape index (κ3) is 2.73. The monoisotopic (exact) mass is 272 g/mol. The Morgan fingerprint density at radius 2 is 2.28 bits per heavy atom. The Labute approximate surface area is 108 Å². The largest absolute Gasteiger partial charge is 0.328 e. The van der Waals surface area contributed by atoms with Crippen molar-refractivity contribution in [3.8, 4) is 0 Å². The summed E-state index contributed by atoms with van der Waals surface area (Å²) >= 11 is 0. The van der Waals surface area contributed by atoms with Crippen LogP contribution in [0.25, 0.3) is 0 Å². The molecule has 1 aliphatic rings. The first-order chi connectivity index (χ1) is 8.42. The molecule has 0 aliphatic heterocycles. The van der Waals surface area contributed by atoms with Crippen LogP contribution in [0.5, 0.6) is 0 Å². The summed E-state index contributed by atoms with van der Waals surface area (Å²) in [7, 11) is -3.48. The first-order valence-electron chi connectivity index (χ1n) is 6.24. The molecule has 2 atom stereocenters. The van der Waals surface area contributed by atoms with Crippen LogP contribution in [-0.4, -0.2) is 30.3 Å². The molecule has 6 nitrogen and oxygen atoms in total. The van der Waals surface area contributed by atoms with Crippen LogP contribution in [-0.2, 0) is 16.6 Å². The molecule has 0 amide bonds. The third-order valence-corrected chi connectivity index (χ3v) is 4.93. The third-order valence-electron chi connectivity index (χ3n) is 3.31. The number of hydrogen-bond acceptors (Lipinski definition) is 4. The number of aryl methyl sites for hydroxylation is 2. The summed E-state index contributed by atoms with van der Waals surface area (Å²) in [5.41, 5.74) is 6.32. The Morgan fingerprint density at radius 1 is 1.56 bits per heavy atom. The fourth-order valence-electron chi connectivity index (χ4n) is 2.33. The van der Waals surface area contributed by atoms with Gasteiger partial charge in [0.25, 0.3) is 0 Å². The molecule has 1 fully saturated rings. The fourth-order valence-corrected chi connectivity index (χ4v) is 3.80. The normalized spacial score (nSPS) is 24.6. The smallest absolute Gasteiger partial charge is 0.244 e. The van der Waals surface area contributed by atoms with Crippen molar-refractivity contribution in [1.82, 2.24) is 14.5 Å². The van der Waals surface area contributed by atoms with Crippen molar-refractivity contribution in [2.24, 2.45) is 5.73 Å². The molecule has 1 heterocycles. The fraction of sp³-hybridized carbons (Fsp3) is 0.727. The van der Waals surface area contributed by atoms with Crippen molar-refractivity contribution in [3.63, 3.8) is 0 Å². The molecule has 0 bridgehead atoms. The number of nitrogens with zero attached hydrogens (tertiary/aromatic N) is 2. The molecule has 1 aromatic rings. The lowest BCUT2D eigenvalue weighted by molar-refractivity contribution is 0.548. The molecule has 0 radical (unpaired) electrons. The number of nitrogens with one attached hydrogen (secondary N) is 1. The molecule has 0 spiro atoms. The van der Waals surface area contributed by atoms with Crippen molar-refractivity contribution in [2.45, 2.75) is 56.6 Å². The summed E-state index contributed by atoms with van der Waals surface area (Å²) in [5.74, 6) is 0. The van der Waals surface area contributed by atoms with Crippen LogP contribution in [0.3, 0.4) is 0 Å². The minimum Gasteiger partial charge on any atom is -0.328 e. The summed E-state index contributed by atoms with van der Waals surface area (Å²) in [4.78, 5) is 0.268. The minimum atomic E-state index is -3.48. The Bertz CT molecular complexity index is 523. The van der Waals surface area contributed by atoms with Gasteiger partial charge in [0.05, 0.1) is 5.69 Å². The summed E-state index contributed by atoms with van der Waals surface area (Å²) in [6.45, 7) is 4.29. The molecular weight excluding hydrogens is 252 g/mol. The van der Waals surface area contributed by atoms with Crippen molar-refractivity contribution >= 4 is 10.0 Å². The highest BCUT2D eigenvalue weighted by molar-refractivity contribution is 7.89. The van der Waals surface area contributed by atoms with Crippen LogP contribution in [0, 0.1) is 6.92 Å². The molecule has 0 unspecified atom stereocenters. The van der Waals surface area contributed by atoms with Gasteiger partial charge in [-0.15, -0.1) is 0 Å². The van der Waals surface area contributed by atoms with E-state index in [-0.39, 0.29) is 17.0 Å². The predicted octanol–water partition coefficient (Wildman–Crippen LogP) is 0.370. The van der Waals surface area contributed by atoms with E-state index in [1.165, 1.54) is 0 Å². The number of aromatic nitrogens is 2. The van der Waals surface area contributed by atoms with Crippen molar-refractivity contribution in [1.29, 1.82) is 0 Å². The zero-order valence-corrected chi connectivity index (χ0v) is 11.6. The summed E-state index contributed by atoms with van der Waals surface area (Å²) in [6, 6.07) is 0.0616. The van der Waals surface area contributed by atoms with Gasteiger partial charge in [-0.05, 0) is 33.1 Å². The van der Waals surface area contributed by atoms with E-state index in [1.54, 1.807) is 17.8 Å². The quantitative estimate of drug-likeness (QED) is 0.828. The lowest BCUT2D eigenvalue weighted by Gasteiger charge is -2.12. The van der Waals surface area contributed by atoms with Crippen molar-refractivity contribution < 1.29 is 8.42 Å².